The molecule has 0 spiro atoms. The van der Waals surface area contributed by atoms with E-state index in [0.717, 1.165) is 5.56 Å². The number of aromatic nitrogens is 2. The van der Waals surface area contributed by atoms with Crippen molar-refractivity contribution in [2.24, 2.45) is 0 Å². The number of hydrogen-bond acceptors (Lipinski definition) is 7. The molecule has 2 aliphatic heterocycles. The Balaban J connectivity index is 1.18. The molecule has 0 atom stereocenters. The van der Waals surface area contributed by atoms with Crippen molar-refractivity contribution >= 4 is 11.8 Å². The third-order valence-corrected chi connectivity index (χ3v) is 6.65. The molecule has 3 aromatic rings. The fourth-order valence-corrected chi connectivity index (χ4v) is 4.74. The third kappa shape index (κ3) is 4.50. The standard InChI is InChI=1S/C26H27FN4O5/c1-3-35-20-8-7-17(13-21(20)34-2)24-28-25(36-29-24)16-9-11-30(12-10-16)22(32)15-31-14-18-5-4-6-19(27)23(18)26(31)33/h4-8,13,16H,3,9-12,14-15H2,1-2H3. The zero-order chi connectivity index (χ0) is 25.2. The molecule has 2 aromatic carbocycles. The molecule has 2 amide bonds. The lowest BCUT2D eigenvalue weighted by molar-refractivity contribution is -0.133. The van der Waals surface area contributed by atoms with Crippen LogP contribution in [0, 0.1) is 5.82 Å². The number of carbonyl (C=O) groups excluding carboxylic acids is 2. The average Bonchev–Trinajstić information content (AvgIpc) is 3.50. The largest absolute Gasteiger partial charge is 0.493 e. The minimum absolute atomic E-state index is 0.0339. The predicted octanol–water partition coefficient (Wildman–Crippen LogP) is 3.65. The summed E-state index contributed by atoms with van der Waals surface area (Å²) in [6.45, 7) is 3.65. The number of likely N-dealkylation sites (tertiary alicyclic amines) is 1. The fourth-order valence-electron chi connectivity index (χ4n) is 4.74. The quantitative estimate of drug-likeness (QED) is 0.495. The molecule has 0 N–H and O–H groups in total. The molecule has 0 unspecified atom stereocenters. The monoisotopic (exact) mass is 494 g/mol. The summed E-state index contributed by atoms with van der Waals surface area (Å²) < 4.78 is 30.5. The third-order valence-electron chi connectivity index (χ3n) is 6.65. The van der Waals surface area contributed by atoms with Crippen LogP contribution in [0.4, 0.5) is 4.39 Å². The van der Waals surface area contributed by atoms with Gasteiger partial charge in [-0.3, -0.25) is 9.59 Å². The first-order valence-electron chi connectivity index (χ1n) is 12.0. The van der Waals surface area contributed by atoms with E-state index >= 15 is 0 Å². The van der Waals surface area contributed by atoms with E-state index < -0.39 is 11.7 Å². The average molecular weight is 495 g/mol. The van der Waals surface area contributed by atoms with Crippen LogP contribution in [0.1, 0.15) is 47.5 Å². The van der Waals surface area contributed by atoms with Crippen LogP contribution in [0.25, 0.3) is 11.4 Å². The number of fused-ring (bicyclic) bond motifs is 1. The number of rotatable bonds is 7. The molecule has 0 radical (unpaired) electrons. The number of hydrogen-bond donors (Lipinski definition) is 0. The van der Waals surface area contributed by atoms with E-state index in [4.69, 9.17) is 14.0 Å². The molecule has 0 aliphatic carbocycles. The number of piperidine rings is 1. The highest BCUT2D eigenvalue weighted by molar-refractivity contribution is 6.00. The summed E-state index contributed by atoms with van der Waals surface area (Å²) >= 11 is 0. The topological polar surface area (TPSA) is 98.0 Å². The van der Waals surface area contributed by atoms with Crippen molar-refractivity contribution in [2.45, 2.75) is 32.2 Å². The predicted molar refractivity (Wildman–Crippen MR) is 127 cm³/mol. The minimum Gasteiger partial charge on any atom is -0.493 e. The number of benzene rings is 2. The van der Waals surface area contributed by atoms with Gasteiger partial charge in [0.1, 0.15) is 12.4 Å². The van der Waals surface area contributed by atoms with Crippen molar-refractivity contribution in [1.29, 1.82) is 0 Å². The molecular weight excluding hydrogens is 467 g/mol. The van der Waals surface area contributed by atoms with Gasteiger partial charge in [-0.15, -0.1) is 0 Å². The van der Waals surface area contributed by atoms with Crippen molar-refractivity contribution in [1.82, 2.24) is 19.9 Å². The van der Waals surface area contributed by atoms with Crippen molar-refractivity contribution in [3.63, 3.8) is 0 Å². The molecule has 1 saturated heterocycles. The number of methoxy groups -OCH3 is 1. The zero-order valence-corrected chi connectivity index (χ0v) is 20.2. The molecule has 36 heavy (non-hydrogen) atoms. The summed E-state index contributed by atoms with van der Waals surface area (Å²) in [5, 5.41) is 4.13. The summed E-state index contributed by atoms with van der Waals surface area (Å²) in [5.41, 5.74) is 1.44. The SMILES string of the molecule is CCOc1ccc(-c2noc(C3CCN(C(=O)CN4Cc5cccc(F)c5C4=O)CC3)n2)cc1OC. The summed E-state index contributed by atoms with van der Waals surface area (Å²) in [6.07, 6.45) is 1.34. The smallest absolute Gasteiger partial charge is 0.257 e. The van der Waals surface area contributed by atoms with Crippen LogP contribution in [-0.2, 0) is 11.3 Å². The molecule has 2 aliphatic rings. The molecule has 1 fully saturated rings. The first-order valence-corrected chi connectivity index (χ1v) is 12.0. The molecule has 188 valence electrons. The summed E-state index contributed by atoms with van der Waals surface area (Å²) in [4.78, 5) is 33.1. The Kier molecular flexibility index (Phi) is 6.58. The number of carbonyl (C=O) groups is 2. The number of halogens is 1. The van der Waals surface area contributed by atoms with Crippen LogP contribution in [-0.4, -0.2) is 65.1 Å². The lowest BCUT2D eigenvalue weighted by atomic mass is 9.96. The van der Waals surface area contributed by atoms with Crippen LogP contribution in [0.3, 0.4) is 0 Å². The highest BCUT2D eigenvalue weighted by Crippen LogP contribution is 2.33. The molecule has 10 heteroatoms. The molecule has 1 aromatic heterocycles. The van der Waals surface area contributed by atoms with Crippen molar-refractivity contribution in [2.75, 3.05) is 33.4 Å². The van der Waals surface area contributed by atoms with Crippen LogP contribution in [0.15, 0.2) is 40.9 Å². The van der Waals surface area contributed by atoms with Gasteiger partial charge in [0.25, 0.3) is 5.91 Å². The van der Waals surface area contributed by atoms with Crippen LogP contribution < -0.4 is 9.47 Å². The van der Waals surface area contributed by atoms with E-state index in [1.165, 1.54) is 11.0 Å². The minimum atomic E-state index is -0.545. The van der Waals surface area contributed by atoms with Gasteiger partial charge in [0.15, 0.2) is 11.5 Å². The van der Waals surface area contributed by atoms with Gasteiger partial charge in [0.2, 0.25) is 17.6 Å². The van der Waals surface area contributed by atoms with Gasteiger partial charge in [0, 0.05) is 31.1 Å². The molecule has 5 rings (SSSR count). The number of ether oxygens (including phenoxy) is 2. The van der Waals surface area contributed by atoms with Crippen LogP contribution >= 0.6 is 0 Å². The van der Waals surface area contributed by atoms with Gasteiger partial charge in [0.05, 0.1) is 19.3 Å². The highest BCUT2D eigenvalue weighted by atomic mass is 19.1. The van der Waals surface area contributed by atoms with E-state index in [9.17, 15) is 14.0 Å². The molecule has 0 bridgehead atoms. The molecule has 0 saturated carbocycles. The van der Waals surface area contributed by atoms with Gasteiger partial charge in [-0.1, -0.05) is 17.3 Å². The van der Waals surface area contributed by atoms with Crippen molar-refractivity contribution < 1.29 is 28.0 Å². The van der Waals surface area contributed by atoms with Gasteiger partial charge >= 0.3 is 0 Å². The van der Waals surface area contributed by atoms with Crippen LogP contribution in [0.5, 0.6) is 11.5 Å². The molecule has 3 heterocycles. The zero-order valence-electron chi connectivity index (χ0n) is 20.2. The van der Waals surface area contributed by atoms with E-state index in [1.54, 1.807) is 24.1 Å². The lowest BCUT2D eigenvalue weighted by Crippen LogP contribution is -2.44. The Morgan fingerprint density at radius 2 is 2.00 bits per heavy atom. The van der Waals surface area contributed by atoms with E-state index in [-0.39, 0.29) is 30.5 Å². The van der Waals surface area contributed by atoms with Gasteiger partial charge in [-0.25, -0.2) is 4.39 Å². The second-order valence-electron chi connectivity index (χ2n) is 8.85. The Hall–Kier alpha value is -3.95. The first kappa shape index (κ1) is 23.8. The van der Waals surface area contributed by atoms with Crippen molar-refractivity contribution in [3.8, 4) is 22.9 Å². The Morgan fingerprint density at radius 3 is 2.72 bits per heavy atom. The fraction of sp³-hybridized carbons (Fsp3) is 0.385. The Labute approximate surface area is 207 Å². The maximum atomic E-state index is 14.0. The van der Waals surface area contributed by atoms with Crippen LogP contribution in [0.2, 0.25) is 0 Å². The maximum Gasteiger partial charge on any atom is 0.257 e. The van der Waals surface area contributed by atoms with Gasteiger partial charge in [-0.05, 0) is 49.6 Å². The van der Waals surface area contributed by atoms with E-state index in [1.807, 2.05) is 25.1 Å². The summed E-state index contributed by atoms with van der Waals surface area (Å²) in [5.74, 6) is 1.14. The Bertz CT molecular complexity index is 1290. The lowest BCUT2D eigenvalue weighted by Gasteiger charge is -2.31. The van der Waals surface area contributed by atoms with E-state index in [0.29, 0.717) is 61.3 Å². The van der Waals surface area contributed by atoms with E-state index in [2.05, 4.69) is 10.1 Å². The highest BCUT2D eigenvalue weighted by Gasteiger charge is 2.34. The maximum absolute atomic E-state index is 14.0. The first-order chi connectivity index (χ1) is 17.5. The van der Waals surface area contributed by atoms with Crippen molar-refractivity contribution in [3.05, 3.63) is 59.2 Å². The molecule has 9 nitrogen and oxygen atoms in total. The number of nitrogens with zero attached hydrogens (tertiary/aromatic N) is 4. The summed E-state index contributed by atoms with van der Waals surface area (Å²) in [7, 11) is 1.58. The normalized spacial score (nSPS) is 15.8. The Morgan fingerprint density at radius 1 is 1.19 bits per heavy atom. The van der Waals surface area contributed by atoms with Gasteiger partial charge < -0.3 is 23.8 Å². The second kappa shape index (κ2) is 9.96. The molecular formula is C26H27FN4O5. The number of amides is 2. The second-order valence-corrected chi connectivity index (χ2v) is 8.85. The van der Waals surface area contributed by atoms with Gasteiger partial charge in [-0.2, -0.15) is 4.98 Å². The summed E-state index contributed by atoms with van der Waals surface area (Å²) in [6, 6.07) is 10.0.